The molecule has 2 atom stereocenters. The predicted octanol–water partition coefficient (Wildman–Crippen LogP) is 4.16. The number of likely N-dealkylation sites (tertiary alicyclic amines) is 2. The van der Waals surface area contributed by atoms with Gasteiger partial charge in [0.15, 0.2) is 0 Å². The Morgan fingerprint density at radius 1 is 0.794 bits per heavy atom. The molecule has 34 heavy (non-hydrogen) atoms. The fraction of sp³-hybridized carbons (Fsp3) is 0.679. The first-order valence-corrected chi connectivity index (χ1v) is 11.8. The summed E-state index contributed by atoms with van der Waals surface area (Å²) in [5.41, 5.74) is 2.70. The topological polar surface area (TPSA) is 60.9 Å². The van der Waals surface area contributed by atoms with E-state index < -0.39 is 0 Å². The van der Waals surface area contributed by atoms with Gasteiger partial charge >= 0.3 is 0 Å². The van der Waals surface area contributed by atoms with E-state index in [2.05, 4.69) is 48.0 Å². The van der Waals surface area contributed by atoms with Gasteiger partial charge in [0.1, 0.15) is 11.6 Å². The average molecular weight is 476 g/mol. The number of ketones is 2. The Labute approximate surface area is 208 Å². The summed E-state index contributed by atoms with van der Waals surface area (Å²) in [6.45, 7) is 12.9. The van der Waals surface area contributed by atoms with Crippen LogP contribution in [0.2, 0.25) is 0 Å². The molecule has 1 amide bonds. The molecule has 4 rings (SSSR count). The molecule has 3 aliphatic rings. The molecule has 194 valence electrons. The lowest BCUT2D eigenvalue weighted by atomic mass is 9.95. The van der Waals surface area contributed by atoms with E-state index in [-0.39, 0.29) is 26.7 Å². The lowest BCUT2D eigenvalue weighted by Gasteiger charge is -2.34. The molecule has 2 unspecified atom stereocenters. The third-order valence-corrected chi connectivity index (χ3v) is 6.64. The Balaban J connectivity index is 0.000000498. The van der Waals surface area contributed by atoms with E-state index in [9.17, 15) is 14.4 Å². The summed E-state index contributed by atoms with van der Waals surface area (Å²) in [6.07, 6.45) is 2.08. The van der Waals surface area contributed by atoms with Crippen molar-refractivity contribution in [2.24, 2.45) is 17.8 Å². The number of rotatable bonds is 2. The molecule has 0 bridgehead atoms. The summed E-state index contributed by atoms with van der Waals surface area (Å²) < 4.78 is 0. The highest BCUT2D eigenvalue weighted by molar-refractivity contribution is 5.79. The van der Waals surface area contributed by atoms with Crippen LogP contribution in [0.1, 0.15) is 60.1 Å². The Morgan fingerprint density at radius 2 is 1.32 bits per heavy atom. The van der Waals surface area contributed by atoms with Crippen LogP contribution < -0.4 is 0 Å². The Hall–Kier alpha value is -2.05. The zero-order valence-electron chi connectivity index (χ0n) is 20.8. The van der Waals surface area contributed by atoms with Crippen molar-refractivity contribution in [3.63, 3.8) is 0 Å². The van der Waals surface area contributed by atoms with Gasteiger partial charge in [0.05, 0.1) is 0 Å². The van der Waals surface area contributed by atoms with Gasteiger partial charge in [-0.05, 0) is 57.8 Å². The van der Waals surface area contributed by atoms with Gasteiger partial charge in [0.25, 0.3) is 0 Å². The molecular weight excluding hydrogens is 426 g/mol. The monoisotopic (exact) mass is 475 g/mol. The second-order valence-corrected chi connectivity index (χ2v) is 9.86. The van der Waals surface area contributed by atoms with Gasteiger partial charge in [0.2, 0.25) is 5.91 Å². The van der Waals surface area contributed by atoms with Crippen LogP contribution in [0, 0.1) is 17.8 Å². The number of carbonyl (C=O) groups is 3. The smallest absolute Gasteiger partial charge is 0.219 e. The Bertz CT molecular complexity index is 789. The van der Waals surface area contributed by atoms with E-state index in [1.807, 2.05) is 11.9 Å². The summed E-state index contributed by atoms with van der Waals surface area (Å²) in [5, 5.41) is 0. The van der Waals surface area contributed by atoms with Crippen molar-refractivity contribution in [1.29, 1.82) is 0 Å². The summed E-state index contributed by atoms with van der Waals surface area (Å²) in [6, 6.07) is 8.43. The average Bonchev–Trinajstić information content (AvgIpc) is 3.05. The fourth-order valence-corrected chi connectivity index (χ4v) is 4.42. The number of hydrogen-bond acceptors (Lipinski definition) is 5. The van der Waals surface area contributed by atoms with Crippen LogP contribution >= 0.6 is 0 Å². The number of hydrogen-bond donors (Lipinski definition) is 0. The maximum Gasteiger partial charge on any atom is 0.219 e. The van der Waals surface area contributed by atoms with Crippen molar-refractivity contribution in [2.45, 2.75) is 61.9 Å². The van der Waals surface area contributed by atoms with E-state index in [4.69, 9.17) is 0 Å². The van der Waals surface area contributed by atoms with Crippen molar-refractivity contribution in [1.82, 2.24) is 14.7 Å². The summed E-state index contributed by atoms with van der Waals surface area (Å²) in [7, 11) is 4.11. The molecule has 0 spiro atoms. The quantitative estimate of drug-likeness (QED) is 0.643. The summed E-state index contributed by atoms with van der Waals surface area (Å²) >= 11 is 0. The van der Waals surface area contributed by atoms with E-state index in [1.165, 1.54) is 17.5 Å². The first-order chi connectivity index (χ1) is 15.1. The zero-order chi connectivity index (χ0) is 23.8. The highest BCUT2D eigenvalue weighted by Crippen LogP contribution is 2.21. The first-order valence-electron chi connectivity index (χ1n) is 11.8. The number of fused-ring (bicyclic) bond motifs is 1. The molecule has 0 aromatic heterocycles. The van der Waals surface area contributed by atoms with E-state index in [1.54, 1.807) is 20.8 Å². The van der Waals surface area contributed by atoms with Gasteiger partial charge in [-0.25, -0.2) is 0 Å². The third-order valence-electron chi connectivity index (χ3n) is 6.64. The van der Waals surface area contributed by atoms with Crippen LogP contribution in [-0.2, 0) is 27.3 Å². The molecular formula is C28H49N3O3. The summed E-state index contributed by atoms with van der Waals surface area (Å²) in [5.74, 6) is 2.09. The number of nitrogens with zero attached hydrogens (tertiary/aromatic N) is 3. The maximum absolute atomic E-state index is 11.5. The predicted molar refractivity (Wildman–Crippen MR) is 142 cm³/mol. The molecule has 0 aliphatic carbocycles. The summed E-state index contributed by atoms with van der Waals surface area (Å²) in [4.78, 5) is 39.0. The van der Waals surface area contributed by atoms with Crippen molar-refractivity contribution < 1.29 is 14.4 Å². The van der Waals surface area contributed by atoms with Gasteiger partial charge in [-0.3, -0.25) is 14.4 Å². The zero-order valence-corrected chi connectivity index (χ0v) is 20.8. The third kappa shape index (κ3) is 10.1. The van der Waals surface area contributed by atoms with E-state index in [0.29, 0.717) is 23.4 Å². The van der Waals surface area contributed by atoms with Crippen molar-refractivity contribution >= 4 is 17.5 Å². The molecule has 6 nitrogen and oxygen atoms in total. The SMILES string of the molecule is C.C.CC(=O)C1CN(C)C1.CC(=O)C1Cc2ccccc2CN(C)C1.CC(=O)N1CCC(C)C1. The van der Waals surface area contributed by atoms with Crippen LogP contribution in [0.5, 0.6) is 0 Å². The van der Waals surface area contributed by atoms with E-state index >= 15 is 0 Å². The molecule has 3 aliphatic heterocycles. The van der Waals surface area contributed by atoms with Gasteiger partial charge < -0.3 is 14.7 Å². The molecule has 3 heterocycles. The molecule has 1 aromatic carbocycles. The Morgan fingerprint density at radius 3 is 1.71 bits per heavy atom. The standard InChI is InChI=1S/C13H17NO.C7H13NO.C6H11NO.2CH4/c1-10(15)13-7-11-5-3-4-6-12(11)8-14(2)9-13;1-6-3-4-8(5-6)7(2)9;1-5(8)6-3-7(2)4-6;;/h3-6,13H,7-9H2,1-2H3;6H,3-5H2,1-2H3;6H,3-4H2,1-2H3;2*1H4. The number of Topliss-reactive ketones (excluding diaryl/α,β-unsaturated/α-hetero) is 2. The number of benzene rings is 1. The number of carbonyl (C=O) groups excluding carboxylic acids is 3. The highest BCUT2D eigenvalue weighted by Gasteiger charge is 2.26. The second kappa shape index (κ2) is 15.0. The minimum absolute atomic E-state index is 0. The van der Waals surface area contributed by atoms with Crippen molar-refractivity contribution in [3.8, 4) is 0 Å². The minimum Gasteiger partial charge on any atom is -0.343 e. The van der Waals surface area contributed by atoms with Gasteiger partial charge in [0, 0.05) is 58.0 Å². The molecule has 0 N–H and O–H groups in total. The van der Waals surface area contributed by atoms with Crippen LogP contribution in [0.3, 0.4) is 0 Å². The lowest BCUT2D eigenvalue weighted by molar-refractivity contribution is -0.128. The molecule has 0 saturated carbocycles. The largest absolute Gasteiger partial charge is 0.343 e. The Kier molecular flexibility index (Phi) is 14.1. The minimum atomic E-state index is 0. The van der Waals surface area contributed by atoms with Crippen LogP contribution in [0.15, 0.2) is 24.3 Å². The first kappa shape index (κ1) is 31.9. The normalized spacial score (nSPS) is 22.1. The number of amides is 1. The molecule has 2 saturated heterocycles. The fourth-order valence-electron chi connectivity index (χ4n) is 4.42. The van der Waals surface area contributed by atoms with Crippen LogP contribution in [-0.4, -0.2) is 79.0 Å². The molecule has 2 fully saturated rings. The van der Waals surface area contributed by atoms with Gasteiger partial charge in [-0.2, -0.15) is 0 Å². The van der Waals surface area contributed by atoms with Gasteiger partial charge in [-0.1, -0.05) is 46.0 Å². The van der Waals surface area contributed by atoms with E-state index in [0.717, 1.165) is 45.7 Å². The second-order valence-electron chi connectivity index (χ2n) is 9.86. The molecule has 0 radical (unpaired) electrons. The lowest BCUT2D eigenvalue weighted by Crippen LogP contribution is -2.46. The van der Waals surface area contributed by atoms with Crippen LogP contribution in [0.25, 0.3) is 0 Å². The van der Waals surface area contributed by atoms with Crippen molar-refractivity contribution in [2.75, 3.05) is 46.8 Å². The molecule has 1 aromatic rings. The van der Waals surface area contributed by atoms with Crippen LogP contribution in [0.4, 0.5) is 0 Å². The van der Waals surface area contributed by atoms with Gasteiger partial charge in [-0.15, -0.1) is 0 Å². The maximum atomic E-state index is 11.5. The molecule has 6 heteroatoms. The highest BCUT2D eigenvalue weighted by atomic mass is 16.2. The van der Waals surface area contributed by atoms with Crippen molar-refractivity contribution in [3.05, 3.63) is 35.4 Å².